The van der Waals surface area contributed by atoms with Crippen LogP contribution in [0.4, 0.5) is 0 Å². The molecular formula is C14H18ClN3S. The Kier molecular flexibility index (Phi) is 5.16. The number of benzene rings is 1. The minimum atomic E-state index is 0.702. The first-order valence-electron chi connectivity index (χ1n) is 6.59. The Morgan fingerprint density at radius 3 is 2.95 bits per heavy atom. The number of unbranched alkanes of at least 4 members (excludes halogenated alkanes) is 2. The number of H-pyrrole nitrogens is 1. The van der Waals surface area contributed by atoms with E-state index in [1.807, 2.05) is 18.2 Å². The average Bonchev–Trinajstić information content (AvgIpc) is 2.72. The van der Waals surface area contributed by atoms with Crippen molar-refractivity contribution >= 4 is 23.8 Å². The van der Waals surface area contributed by atoms with Crippen LogP contribution in [-0.2, 0) is 13.0 Å². The smallest absolute Gasteiger partial charge is 0.195 e. The van der Waals surface area contributed by atoms with E-state index in [1.165, 1.54) is 12.8 Å². The summed E-state index contributed by atoms with van der Waals surface area (Å²) in [5, 5.41) is 7.96. The third-order valence-corrected chi connectivity index (χ3v) is 3.62. The fourth-order valence-electron chi connectivity index (χ4n) is 2.07. The van der Waals surface area contributed by atoms with Crippen molar-refractivity contribution in [2.75, 3.05) is 0 Å². The van der Waals surface area contributed by atoms with E-state index in [-0.39, 0.29) is 0 Å². The molecule has 0 aliphatic heterocycles. The number of hydrogen-bond acceptors (Lipinski definition) is 2. The summed E-state index contributed by atoms with van der Waals surface area (Å²) in [6.07, 6.45) is 4.30. The molecule has 0 amide bonds. The van der Waals surface area contributed by atoms with E-state index in [4.69, 9.17) is 23.8 Å². The van der Waals surface area contributed by atoms with E-state index in [9.17, 15) is 0 Å². The molecule has 1 N–H and O–H groups in total. The maximum Gasteiger partial charge on any atom is 0.195 e. The fourth-order valence-corrected chi connectivity index (χ4v) is 2.52. The van der Waals surface area contributed by atoms with Crippen LogP contribution in [0.1, 0.15) is 37.6 Å². The Morgan fingerprint density at radius 2 is 2.21 bits per heavy atom. The normalized spacial score (nSPS) is 10.8. The summed E-state index contributed by atoms with van der Waals surface area (Å²) in [4.78, 5) is 0. The SMILES string of the molecule is CCCCCn1c(Cc2cccc(Cl)c2)n[nH]c1=S. The summed E-state index contributed by atoms with van der Waals surface area (Å²) in [7, 11) is 0. The first-order valence-corrected chi connectivity index (χ1v) is 7.38. The maximum absolute atomic E-state index is 6.00. The van der Waals surface area contributed by atoms with Crippen LogP contribution in [0.2, 0.25) is 5.02 Å². The molecule has 3 nitrogen and oxygen atoms in total. The van der Waals surface area contributed by atoms with Crippen LogP contribution in [0.25, 0.3) is 0 Å². The summed E-state index contributed by atoms with van der Waals surface area (Å²) < 4.78 is 2.79. The van der Waals surface area contributed by atoms with Crippen LogP contribution in [0.3, 0.4) is 0 Å². The molecule has 0 radical (unpaired) electrons. The highest BCUT2D eigenvalue weighted by molar-refractivity contribution is 7.71. The Morgan fingerprint density at radius 1 is 1.37 bits per heavy atom. The molecule has 1 aromatic heterocycles. The van der Waals surface area contributed by atoms with Crippen molar-refractivity contribution < 1.29 is 0 Å². The van der Waals surface area contributed by atoms with Gasteiger partial charge in [-0.2, -0.15) is 5.10 Å². The number of nitrogens with zero attached hydrogens (tertiary/aromatic N) is 2. The van der Waals surface area contributed by atoms with Crippen molar-refractivity contribution in [1.82, 2.24) is 14.8 Å². The van der Waals surface area contributed by atoms with Gasteiger partial charge in [0.1, 0.15) is 5.82 Å². The fraction of sp³-hybridized carbons (Fsp3) is 0.429. The number of rotatable bonds is 6. The molecule has 5 heteroatoms. The third kappa shape index (κ3) is 3.91. The van der Waals surface area contributed by atoms with Gasteiger partial charge >= 0.3 is 0 Å². The predicted molar refractivity (Wildman–Crippen MR) is 81.2 cm³/mol. The molecule has 1 aromatic carbocycles. The molecular weight excluding hydrogens is 278 g/mol. The van der Waals surface area contributed by atoms with Crippen LogP contribution in [0.5, 0.6) is 0 Å². The first kappa shape index (κ1) is 14.3. The lowest BCUT2D eigenvalue weighted by molar-refractivity contribution is 0.579. The van der Waals surface area contributed by atoms with Crippen molar-refractivity contribution in [2.24, 2.45) is 0 Å². The zero-order chi connectivity index (χ0) is 13.7. The molecule has 1 heterocycles. The van der Waals surface area contributed by atoms with Gasteiger partial charge < -0.3 is 4.57 Å². The van der Waals surface area contributed by atoms with E-state index in [1.54, 1.807) is 0 Å². The minimum Gasteiger partial charge on any atom is -0.304 e. The van der Waals surface area contributed by atoms with Crippen molar-refractivity contribution in [3.63, 3.8) is 0 Å². The lowest BCUT2D eigenvalue weighted by atomic mass is 10.1. The average molecular weight is 296 g/mol. The van der Waals surface area contributed by atoms with Crippen LogP contribution in [0, 0.1) is 4.77 Å². The Labute approximate surface area is 123 Å². The topological polar surface area (TPSA) is 33.6 Å². The number of halogens is 1. The van der Waals surface area contributed by atoms with Gasteiger partial charge in [0, 0.05) is 18.0 Å². The maximum atomic E-state index is 6.00. The molecule has 0 atom stereocenters. The Bertz CT molecular complexity index is 588. The van der Waals surface area contributed by atoms with Crippen LogP contribution in [-0.4, -0.2) is 14.8 Å². The Balaban J connectivity index is 2.14. The largest absolute Gasteiger partial charge is 0.304 e. The molecule has 2 rings (SSSR count). The molecule has 0 saturated carbocycles. The minimum absolute atomic E-state index is 0.702. The van der Waals surface area contributed by atoms with Crippen LogP contribution in [0.15, 0.2) is 24.3 Å². The molecule has 0 aliphatic rings. The molecule has 0 bridgehead atoms. The van der Waals surface area contributed by atoms with E-state index < -0.39 is 0 Å². The first-order chi connectivity index (χ1) is 9.20. The van der Waals surface area contributed by atoms with E-state index in [0.29, 0.717) is 4.77 Å². The second kappa shape index (κ2) is 6.87. The zero-order valence-electron chi connectivity index (χ0n) is 11.0. The van der Waals surface area contributed by atoms with Crippen LogP contribution >= 0.6 is 23.8 Å². The highest BCUT2D eigenvalue weighted by Gasteiger charge is 2.07. The summed E-state index contributed by atoms with van der Waals surface area (Å²) in [5.74, 6) is 0.975. The summed E-state index contributed by atoms with van der Waals surface area (Å²) >= 11 is 11.3. The molecule has 0 aliphatic carbocycles. The van der Waals surface area contributed by atoms with Crippen molar-refractivity contribution in [3.05, 3.63) is 45.4 Å². The third-order valence-electron chi connectivity index (χ3n) is 3.07. The standard InChI is InChI=1S/C14H18ClN3S/c1-2-3-4-8-18-13(16-17-14(18)19)10-11-6-5-7-12(15)9-11/h5-7,9H,2-4,8,10H2,1H3,(H,17,19). The lowest BCUT2D eigenvalue weighted by Gasteiger charge is -2.06. The van der Waals surface area contributed by atoms with Gasteiger partial charge in [-0.05, 0) is 36.3 Å². The highest BCUT2D eigenvalue weighted by atomic mass is 35.5. The number of aromatic nitrogens is 3. The number of aromatic amines is 1. The van der Waals surface area contributed by atoms with Crippen molar-refractivity contribution in [1.29, 1.82) is 0 Å². The summed E-state index contributed by atoms with van der Waals surface area (Å²) in [5.41, 5.74) is 1.15. The molecule has 102 valence electrons. The predicted octanol–water partition coefficient (Wildman–Crippen LogP) is 4.38. The van der Waals surface area contributed by atoms with Crippen LogP contribution < -0.4 is 0 Å². The van der Waals surface area contributed by atoms with Gasteiger partial charge in [-0.15, -0.1) is 0 Å². The van der Waals surface area contributed by atoms with Gasteiger partial charge in [0.2, 0.25) is 0 Å². The van der Waals surface area contributed by atoms with E-state index >= 15 is 0 Å². The van der Waals surface area contributed by atoms with Crippen molar-refractivity contribution in [3.8, 4) is 0 Å². The molecule has 0 fully saturated rings. The Hall–Kier alpha value is -1.13. The van der Waals surface area contributed by atoms with Gasteiger partial charge in [-0.3, -0.25) is 5.10 Å². The molecule has 0 unspecified atom stereocenters. The lowest BCUT2D eigenvalue weighted by Crippen LogP contribution is -2.05. The molecule has 0 spiro atoms. The second-order valence-corrected chi connectivity index (χ2v) is 5.43. The summed E-state index contributed by atoms with van der Waals surface area (Å²) in [6.45, 7) is 3.13. The second-order valence-electron chi connectivity index (χ2n) is 4.61. The van der Waals surface area contributed by atoms with Gasteiger partial charge in [-0.1, -0.05) is 43.5 Å². The summed E-state index contributed by atoms with van der Waals surface area (Å²) in [6, 6.07) is 7.86. The highest BCUT2D eigenvalue weighted by Crippen LogP contribution is 2.14. The van der Waals surface area contributed by atoms with Gasteiger partial charge in [0.25, 0.3) is 0 Å². The molecule has 19 heavy (non-hydrogen) atoms. The van der Waals surface area contributed by atoms with Crippen molar-refractivity contribution in [2.45, 2.75) is 39.2 Å². The molecule has 0 saturated heterocycles. The number of nitrogens with one attached hydrogen (secondary N) is 1. The number of hydrogen-bond donors (Lipinski definition) is 1. The zero-order valence-corrected chi connectivity index (χ0v) is 12.6. The van der Waals surface area contributed by atoms with Gasteiger partial charge in [0.15, 0.2) is 4.77 Å². The molecule has 2 aromatic rings. The monoisotopic (exact) mass is 295 g/mol. The quantitative estimate of drug-likeness (QED) is 0.634. The van der Waals surface area contributed by atoms with E-state index in [0.717, 1.165) is 35.8 Å². The van der Waals surface area contributed by atoms with E-state index in [2.05, 4.69) is 27.8 Å². The van der Waals surface area contributed by atoms with Gasteiger partial charge in [-0.25, -0.2) is 0 Å². The van der Waals surface area contributed by atoms with Gasteiger partial charge in [0.05, 0.1) is 0 Å².